The molecule has 4 nitrogen and oxygen atoms in total. The Morgan fingerprint density at radius 2 is 1.12 bits per heavy atom. The first-order chi connectivity index (χ1) is 15.3. The third-order valence-electron chi connectivity index (χ3n) is 5.38. The Labute approximate surface area is 199 Å². The lowest BCUT2D eigenvalue weighted by Gasteiger charge is -2.18. The first-order valence-corrected chi connectivity index (χ1v) is 11.5. The fourth-order valence-corrected chi connectivity index (χ4v) is 3.19. The zero-order valence-electron chi connectivity index (χ0n) is 21.0. The molecule has 2 aromatic rings. The van der Waals surface area contributed by atoms with E-state index >= 15 is 0 Å². The summed E-state index contributed by atoms with van der Waals surface area (Å²) in [6, 6.07) is 16.2. The minimum atomic E-state index is -0.189. The van der Waals surface area contributed by atoms with E-state index in [0.29, 0.717) is 6.54 Å². The molecule has 0 saturated carbocycles. The Morgan fingerprint density at radius 3 is 1.52 bits per heavy atom. The second-order valence-electron chi connectivity index (χ2n) is 10.6. The minimum absolute atomic E-state index is 0.103. The van der Waals surface area contributed by atoms with E-state index in [1.807, 2.05) is 31.2 Å². The number of carbonyl (C=O) groups excluding carboxylic acids is 2. The molecule has 1 atom stereocenters. The van der Waals surface area contributed by atoms with Crippen LogP contribution in [0.3, 0.4) is 0 Å². The molecule has 2 aromatic carbocycles. The Balaban J connectivity index is 1.78. The van der Waals surface area contributed by atoms with Gasteiger partial charge in [0.2, 0.25) is 11.8 Å². The summed E-state index contributed by atoms with van der Waals surface area (Å²) in [5, 5.41) is 5.69. The van der Waals surface area contributed by atoms with Gasteiger partial charge in [-0.1, -0.05) is 90.1 Å². The number of hydrogen-bond donors (Lipinski definition) is 2. The number of carbonyl (C=O) groups is 2. The van der Waals surface area contributed by atoms with Crippen LogP contribution in [0.25, 0.3) is 12.2 Å². The van der Waals surface area contributed by atoms with Crippen molar-refractivity contribution in [2.24, 2.45) is 0 Å². The Morgan fingerprint density at radius 1 is 0.727 bits per heavy atom. The summed E-state index contributed by atoms with van der Waals surface area (Å²) in [7, 11) is 0. The maximum atomic E-state index is 12.2. The van der Waals surface area contributed by atoms with Gasteiger partial charge < -0.3 is 10.6 Å². The van der Waals surface area contributed by atoms with E-state index in [4.69, 9.17) is 0 Å². The monoisotopic (exact) mass is 446 g/mol. The number of nitrogens with one attached hydrogen (secondary N) is 2. The third kappa shape index (κ3) is 9.09. The van der Waals surface area contributed by atoms with E-state index in [0.717, 1.165) is 11.1 Å². The van der Waals surface area contributed by atoms with E-state index < -0.39 is 0 Å². The molecule has 0 heterocycles. The molecule has 4 heteroatoms. The first kappa shape index (κ1) is 26.1. The standard InChI is InChI=1S/C29H38N2O2/c1-21(31-27(33)19-13-23-10-16-25(17-11-23)29(5,6)7)20-30-26(32)18-12-22-8-14-24(15-9-22)28(2,3)4/h8-19,21H,20H2,1-7H3,(H,30,32)(H,31,33). The molecule has 2 N–H and O–H groups in total. The van der Waals surface area contributed by atoms with E-state index in [-0.39, 0.29) is 28.7 Å². The van der Waals surface area contributed by atoms with Gasteiger partial charge in [-0.2, -0.15) is 0 Å². The topological polar surface area (TPSA) is 58.2 Å². The molecule has 176 valence electrons. The highest BCUT2D eigenvalue weighted by molar-refractivity contribution is 5.93. The molecule has 33 heavy (non-hydrogen) atoms. The fraction of sp³-hybridized carbons (Fsp3) is 0.379. The zero-order chi connectivity index (χ0) is 24.6. The minimum Gasteiger partial charge on any atom is -0.351 e. The van der Waals surface area contributed by atoms with Gasteiger partial charge in [-0.15, -0.1) is 0 Å². The highest BCUT2D eigenvalue weighted by atomic mass is 16.2. The van der Waals surface area contributed by atoms with Crippen LogP contribution in [0.1, 0.15) is 70.7 Å². The van der Waals surface area contributed by atoms with Gasteiger partial charge >= 0.3 is 0 Å². The molecule has 2 amide bonds. The van der Waals surface area contributed by atoms with Crippen molar-refractivity contribution in [3.63, 3.8) is 0 Å². The summed E-state index contributed by atoms with van der Waals surface area (Å²) in [5.41, 5.74) is 4.66. The molecule has 0 aromatic heterocycles. The molecular weight excluding hydrogens is 408 g/mol. The molecule has 0 radical (unpaired) electrons. The van der Waals surface area contributed by atoms with Crippen LogP contribution < -0.4 is 10.6 Å². The molecule has 0 aliphatic heterocycles. The normalized spacial score (nSPS) is 13.3. The Hall–Kier alpha value is -3.14. The SMILES string of the molecule is CC(CNC(=O)C=Cc1ccc(C(C)(C)C)cc1)NC(=O)C=Cc1ccc(C(C)(C)C)cc1. The predicted octanol–water partition coefficient (Wildman–Crippen LogP) is 5.63. The average molecular weight is 447 g/mol. The quantitative estimate of drug-likeness (QED) is 0.542. The lowest BCUT2D eigenvalue weighted by molar-refractivity contribution is -0.118. The van der Waals surface area contributed by atoms with Crippen molar-refractivity contribution in [3.05, 3.63) is 82.9 Å². The van der Waals surface area contributed by atoms with Gasteiger partial charge in [0, 0.05) is 24.7 Å². The fourth-order valence-electron chi connectivity index (χ4n) is 3.19. The van der Waals surface area contributed by atoms with Gasteiger partial charge in [0.1, 0.15) is 0 Å². The van der Waals surface area contributed by atoms with Crippen LogP contribution in [0.4, 0.5) is 0 Å². The van der Waals surface area contributed by atoms with Crippen molar-refractivity contribution >= 4 is 24.0 Å². The predicted molar refractivity (Wildman–Crippen MR) is 139 cm³/mol. The number of benzene rings is 2. The summed E-state index contributed by atoms with van der Waals surface area (Å²) in [6.45, 7) is 15.2. The molecule has 0 aliphatic carbocycles. The van der Waals surface area contributed by atoms with E-state index in [9.17, 15) is 9.59 Å². The summed E-state index contributed by atoms with van der Waals surface area (Å²) in [6.07, 6.45) is 6.62. The molecule has 0 fully saturated rings. The summed E-state index contributed by atoms with van der Waals surface area (Å²) < 4.78 is 0. The van der Waals surface area contributed by atoms with Crippen LogP contribution in [-0.2, 0) is 20.4 Å². The van der Waals surface area contributed by atoms with Crippen LogP contribution in [0.15, 0.2) is 60.7 Å². The summed E-state index contributed by atoms with van der Waals surface area (Å²) >= 11 is 0. The van der Waals surface area contributed by atoms with Crippen molar-refractivity contribution < 1.29 is 9.59 Å². The van der Waals surface area contributed by atoms with E-state index in [1.165, 1.54) is 23.3 Å². The first-order valence-electron chi connectivity index (χ1n) is 11.5. The van der Waals surface area contributed by atoms with Crippen molar-refractivity contribution in [1.82, 2.24) is 10.6 Å². The molecule has 0 aliphatic rings. The van der Waals surface area contributed by atoms with Crippen LogP contribution in [0.5, 0.6) is 0 Å². The van der Waals surface area contributed by atoms with Crippen LogP contribution in [0, 0.1) is 0 Å². The molecule has 2 rings (SSSR count). The van der Waals surface area contributed by atoms with Gasteiger partial charge in [0.25, 0.3) is 0 Å². The van der Waals surface area contributed by atoms with Crippen LogP contribution >= 0.6 is 0 Å². The van der Waals surface area contributed by atoms with Crippen LogP contribution in [-0.4, -0.2) is 24.4 Å². The van der Waals surface area contributed by atoms with Crippen molar-refractivity contribution in [1.29, 1.82) is 0 Å². The molecule has 0 saturated heterocycles. The Kier molecular flexibility index (Phi) is 8.81. The lowest BCUT2D eigenvalue weighted by Crippen LogP contribution is -2.40. The maximum absolute atomic E-state index is 12.2. The maximum Gasteiger partial charge on any atom is 0.244 e. The number of rotatable bonds is 7. The van der Waals surface area contributed by atoms with Gasteiger partial charge in [-0.3, -0.25) is 9.59 Å². The highest BCUT2D eigenvalue weighted by Gasteiger charge is 2.13. The summed E-state index contributed by atoms with van der Waals surface area (Å²) in [5.74, 6) is -0.378. The van der Waals surface area contributed by atoms with Gasteiger partial charge in [-0.25, -0.2) is 0 Å². The van der Waals surface area contributed by atoms with Crippen molar-refractivity contribution in [2.45, 2.75) is 65.3 Å². The molecular formula is C29H38N2O2. The van der Waals surface area contributed by atoms with E-state index in [1.54, 1.807) is 12.2 Å². The van der Waals surface area contributed by atoms with Crippen LogP contribution in [0.2, 0.25) is 0 Å². The number of hydrogen-bond acceptors (Lipinski definition) is 2. The highest BCUT2D eigenvalue weighted by Crippen LogP contribution is 2.23. The third-order valence-corrected chi connectivity index (χ3v) is 5.38. The molecule has 0 bridgehead atoms. The summed E-state index contributed by atoms with van der Waals surface area (Å²) in [4.78, 5) is 24.3. The zero-order valence-corrected chi connectivity index (χ0v) is 21.0. The van der Waals surface area contributed by atoms with Gasteiger partial charge in [0.15, 0.2) is 0 Å². The van der Waals surface area contributed by atoms with Crippen molar-refractivity contribution in [3.8, 4) is 0 Å². The Bertz CT molecular complexity index is 986. The second-order valence-corrected chi connectivity index (χ2v) is 10.6. The second kappa shape index (κ2) is 11.1. The van der Waals surface area contributed by atoms with Gasteiger partial charge in [-0.05, 0) is 52.2 Å². The number of amides is 2. The van der Waals surface area contributed by atoms with Gasteiger partial charge in [0.05, 0.1) is 0 Å². The molecule has 0 spiro atoms. The largest absolute Gasteiger partial charge is 0.351 e. The lowest BCUT2D eigenvalue weighted by atomic mass is 9.87. The average Bonchev–Trinajstić information content (AvgIpc) is 2.74. The smallest absolute Gasteiger partial charge is 0.244 e. The van der Waals surface area contributed by atoms with E-state index in [2.05, 4.69) is 76.4 Å². The molecule has 1 unspecified atom stereocenters. The van der Waals surface area contributed by atoms with Crippen molar-refractivity contribution in [2.75, 3.05) is 6.54 Å².